The minimum atomic E-state index is -1.09. The molecule has 0 aliphatic carbocycles. The molecule has 1 aromatic heterocycles. The van der Waals surface area contributed by atoms with Crippen molar-refractivity contribution in [3.63, 3.8) is 0 Å². The monoisotopic (exact) mass is 486 g/mol. The van der Waals surface area contributed by atoms with Gasteiger partial charge in [-0.05, 0) is 89.4 Å². The third kappa shape index (κ3) is 4.34. The molecule has 0 atom stereocenters. The number of aromatic nitrogens is 2. The average Bonchev–Trinajstić information content (AvgIpc) is 2.86. The van der Waals surface area contributed by atoms with Gasteiger partial charge in [0, 0.05) is 0 Å². The van der Waals surface area contributed by atoms with Crippen molar-refractivity contribution < 1.29 is 4.42 Å². The van der Waals surface area contributed by atoms with Crippen LogP contribution in [0.1, 0.15) is 16.7 Å². The quantitative estimate of drug-likeness (QED) is 0.351. The Morgan fingerprint density at radius 1 is 0.639 bits per heavy atom. The van der Waals surface area contributed by atoms with Crippen molar-refractivity contribution in [1.29, 1.82) is 0 Å². The molecule has 4 rings (SSSR count). The van der Waals surface area contributed by atoms with Gasteiger partial charge in [-0.1, -0.05) is 18.2 Å². The highest BCUT2D eigenvalue weighted by Crippen LogP contribution is 2.25. The first-order valence-corrected chi connectivity index (χ1v) is 10.5. The minimum Gasteiger partial charge on any atom is -0.374 e. The summed E-state index contributed by atoms with van der Waals surface area (Å²) < 4.78 is 7.09. The molecule has 4 aromatic rings. The maximum Gasteiger partial charge on any atom is 0.430 e. The summed E-state index contributed by atoms with van der Waals surface area (Å²) in [5.74, 6) is -1.09. The summed E-state index contributed by atoms with van der Waals surface area (Å²) in [7, 11) is 0. The number of aryl methyl sites for hydroxylation is 3. The van der Waals surface area contributed by atoms with E-state index in [1.165, 1.54) is 36.4 Å². The standard InChI is InChI=1S/C24H18N6O6/c1-13-4-7-16(10-19(13)26-33)25-22-29(17-8-5-14(2)20(11-17)27-34)23(31)30(24(32)36-22)18-9-6-15(3)21(12-18)28-35/h4-12H,1-3H3. The van der Waals surface area contributed by atoms with Crippen LogP contribution in [-0.2, 0) is 0 Å². The molecule has 0 aliphatic rings. The van der Waals surface area contributed by atoms with E-state index in [1.54, 1.807) is 39.0 Å². The normalized spacial score (nSPS) is 11.4. The molecule has 0 aliphatic heterocycles. The van der Waals surface area contributed by atoms with Crippen molar-refractivity contribution in [3.8, 4) is 11.4 Å². The lowest BCUT2D eigenvalue weighted by atomic mass is 10.2. The molecule has 3 aromatic carbocycles. The van der Waals surface area contributed by atoms with E-state index in [-0.39, 0.29) is 34.1 Å². The van der Waals surface area contributed by atoms with Crippen LogP contribution in [0.2, 0.25) is 0 Å². The van der Waals surface area contributed by atoms with Crippen LogP contribution in [0.5, 0.6) is 0 Å². The summed E-state index contributed by atoms with van der Waals surface area (Å²) in [4.78, 5) is 64.5. The van der Waals surface area contributed by atoms with E-state index in [4.69, 9.17) is 4.42 Å². The molecular formula is C24H18N6O6. The highest BCUT2D eigenvalue weighted by molar-refractivity contribution is 5.56. The van der Waals surface area contributed by atoms with E-state index in [1.807, 2.05) is 0 Å². The van der Waals surface area contributed by atoms with Crippen LogP contribution < -0.4 is 17.1 Å². The Bertz CT molecular complexity index is 1730. The maximum absolute atomic E-state index is 13.7. The van der Waals surface area contributed by atoms with Crippen molar-refractivity contribution in [1.82, 2.24) is 9.13 Å². The highest BCUT2D eigenvalue weighted by atomic mass is 16.4. The zero-order chi connectivity index (χ0) is 26.0. The van der Waals surface area contributed by atoms with Gasteiger partial charge in [0.1, 0.15) is 17.1 Å². The largest absolute Gasteiger partial charge is 0.430 e. The van der Waals surface area contributed by atoms with E-state index < -0.39 is 17.1 Å². The lowest BCUT2D eigenvalue weighted by molar-refractivity contribution is 0.366. The van der Waals surface area contributed by atoms with Gasteiger partial charge in [0.15, 0.2) is 0 Å². The molecule has 1 heterocycles. The third-order valence-electron chi connectivity index (χ3n) is 5.55. The molecule has 36 heavy (non-hydrogen) atoms. The molecule has 12 nitrogen and oxygen atoms in total. The molecule has 0 unspecified atom stereocenters. The summed E-state index contributed by atoms with van der Waals surface area (Å²) in [5.41, 5.74) is 0.974. The summed E-state index contributed by atoms with van der Waals surface area (Å²) in [5, 5.41) is 8.83. The van der Waals surface area contributed by atoms with E-state index in [9.17, 15) is 24.3 Å². The average molecular weight is 486 g/mol. The van der Waals surface area contributed by atoms with Crippen molar-refractivity contribution in [2.45, 2.75) is 20.8 Å². The van der Waals surface area contributed by atoms with Gasteiger partial charge >= 0.3 is 17.1 Å². The maximum atomic E-state index is 13.7. The third-order valence-corrected chi connectivity index (χ3v) is 5.55. The van der Waals surface area contributed by atoms with Crippen molar-refractivity contribution in [2.75, 3.05) is 0 Å². The molecule has 0 saturated carbocycles. The second kappa shape index (κ2) is 9.62. The highest BCUT2D eigenvalue weighted by Gasteiger charge is 2.17. The number of rotatable bonds is 6. The Hall–Kier alpha value is -5.13. The first-order valence-electron chi connectivity index (χ1n) is 10.5. The van der Waals surface area contributed by atoms with Crippen molar-refractivity contribution in [2.24, 2.45) is 20.5 Å². The first-order chi connectivity index (χ1) is 17.3. The smallest absolute Gasteiger partial charge is 0.374 e. The Balaban J connectivity index is 2.10. The van der Waals surface area contributed by atoms with Gasteiger partial charge in [0.05, 0.1) is 17.1 Å². The van der Waals surface area contributed by atoms with E-state index in [0.29, 0.717) is 21.3 Å². The van der Waals surface area contributed by atoms with Crippen molar-refractivity contribution >= 4 is 22.7 Å². The van der Waals surface area contributed by atoms with Crippen LogP contribution in [0.4, 0.5) is 22.7 Å². The zero-order valence-corrected chi connectivity index (χ0v) is 19.3. The number of hydrogen-bond acceptors (Lipinski definition) is 10. The van der Waals surface area contributed by atoms with Gasteiger partial charge < -0.3 is 4.42 Å². The molecule has 0 radical (unpaired) electrons. The molecule has 0 amide bonds. The molecule has 0 spiro atoms. The van der Waals surface area contributed by atoms with Gasteiger partial charge in [-0.3, -0.25) is 0 Å². The fraction of sp³-hybridized carbons (Fsp3) is 0.125. The zero-order valence-electron chi connectivity index (χ0n) is 19.3. The van der Waals surface area contributed by atoms with Gasteiger partial charge in [0.2, 0.25) is 0 Å². The lowest BCUT2D eigenvalue weighted by Gasteiger charge is -2.11. The first kappa shape index (κ1) is 24.0. The van der Waals surface area contributed by atoms with Gasteiger partial charge in [-0.2, -0.15) is 9.56 Å². The van der Waals surface area contributed by atoms with Gasteiger partial charge in [-0.15, -0.1) is 14.7 Å². The van der Waals surface area contributed by atoms with E-state index in [2.05, 4.69) is 20.5 Å². The lowest BCUT2D eigenvalue weighted by Crippen LogP contribution is -2.45. The molecule has 180 valence electrons. The van der Waals surface area contributed by atoms with Gasteiger partial charge in [0.25, 0.3) is 0 Å². The predicted molar refractivity (Wildman–Crippen MR) is 132 cm³/mol. The van der Waals surface area contributed by atoms with E-state index >= 15 is 0 Å². The molecule has 12 heteroatoms. The number of hydrogen-bond donors (Lipinski definition) is 0. The van der Waals surface area contributed by atoms with Crippen LogP contribution in [0.3, 0.4) is 0 Å². The Kier molecular flexibility index (Phi) is 6.42. The summed E-state index contributed by atoms with van der Waals surface area (Å²) in [6, 6.07) is 13.2. The number of nitrogens with zero attached hydrogens (tertiary/aromatic N) is 6. The molecule has 0 N–H and O–H groups in total. The second-order valence-electron chi connectivity index (χ2n) is 7.90. The number of nitroso groups, excluding NO2 is 3. The Morgan fingerprint density at radius 2 is 1.11 bits per heavy atom. The van der Waals surface area contributed by atoms with Crippen LogP contribution in [0.15, 0.2) is 89.1 Å². The van der Waals surface area contributed by atoms with E-state index in [0.717, 1.165) is 4.57 Å². The summed E-state index contributed by atoms with van der Waals surface area (Å²) in [6.45, 7) is 5.00. The van der Waals surface area contributed by atoms with Crippen LogP contribution in [-0.4, -0.2) is 9.13 Å². The molecule has 0 bridgehead atoms. The fourth-order valence-corrected chi connectivity index (χ4v) is 3.49. The fourth-order valence-electron chi connectivity index (χ4n) is 3.49. The Labute approximate surface area is 202 Å². The predicted octanol–water partition coefficient (Wildman–Crippen LogP) is 4.93. The van der Waals surface area contributed by atoms with Crippen LogP contribution in [0, 0.1) is 35.5 Å². The van der Waals surface area contributed by atoms with Crippen LogP contribution >= 0.6 is 0 Å². The Morgan fingerprint density at radius 3 is 1.64 bits per heavy atom. The summed E-state index contributed by atoms with van der Waals surface area (Å²) in [6.07, 6.45) is 0. The van der Waals surface area contributed by atoms with Crippen molar-refractivity contribution in [3.05, 3.63) is 113 Å². The molecule has 0 fully saturated rings. The summed E-state index contributed by atoms with van der Waals surface area (Å²) >= 11 is 0. The second-order valence-corrected chi connectivity index (χ2v) is 7.90. The van der Waals surface area contributed by atoms with Crippen LogP contribution in [0.25, 0.3) is 11.4 Å². The number of benzene rings is 3. The minimum absolute atomic E-state index is 0.0374. The SMILES string of the molecule is Cc1ccc(N=c2oc(=O)n(-c3ccc(C)c(N=O)c3)c(=O)n2-c2ccc(C)c(N=O)c2)cc1N=O. The topological polar surface area (TPSA) is 158 Å². The molecular weight excluding hydrogens is 468 g/mol. The molecule has 0 saturated heterocycles. The van der Waals surface area contributed by atoms with Gasteiger partial charge in [-0.25, -0.2) is 14.2 Å².